The van der Waals surface area contributed by atoms with Crippen molar-refractivity contribution >= 4 is 11.9 Å². The molecule has 2 nitrogen and oxygen atoms in total. The van der Waals surface area contributed by atoms with Crippen LogP contribution < -0.4 is 4.74 Å². The van der Waals surface area contributed by atoms with Crippen LogP contribution in [-0.2, 0) is 6.42 Å². The number of aryl methyl sites for hydroxylation is 1. The molecule has 0 saturated carbocycles. The molecule has 0 heterocycles. The van der Waals surface area contributed by atoms with Gasteiger partial charge in [-0.1, -0.05) is 42.8 Å². The highest BCUT2D eigenvalue weighted by molar-refractivity contribution is 6.13. The predicted molar refractivity (Wildman–Crippen MR) is 89.3 cm³/mol. The second-order valence-corrected chi connectivity index (χ2v) is 5.94. The number of hydrogen-bond acceptors (Lipinski definition) is 2. The fourth-order valence-corrected chi connectivity index (χ4v) is 3.06. The van der Waals surface area contributed by atoms with E-state index in [1.807, 2.05) is 43.3 Å². The average Bonchev–Trinajstić information content (AvgIpc) is 2.52. The first kappa shape index (κ1) is 14.6. The summed E-state index contributed by atoms with van der Waals surface area (Å²) in [5.74, 6) is 1.15. The van der Waals surface area contributed by atoms with Crippen molar-refractivity contribution < 1.29 is 9.53 Å². The Morgan fingerprint density at radius 3 is 2.73 bits per heavy atom. The van der Waals surface area contributed by atoms with Gasteiger partial charge in [-0.3, -0.25) is 4.79 Å². The number of Topliss-reactive ketones (excluding diaryl/α,β-unsaturated/α-hetero) is 1. The number of carbonyl (C=O) groups is 1. The van der Waals surface area contributed by atoms with Crippen molar-refractivity contribution in [1.82, 2.24) is 0 Å². The molecule has 112 valence electrons. The molecule has 2 aromatic carbocycles. The van der Waals surface area contributed by atoms with Crippen molar-refractivity contribution in [2.45, 2.75) is 20.3 Å². The summed E-state index contributed by atoms with van der Waals surface area (Å²) in [6.07, 6.45) is 2.89. The summed E-state index contributed by atoms with van der Waals surface area (Å²) >= 11 is 0. The fraction of sp³-hybridized carbons (Fsp3) is 0.250. The van der Waals surface area contributed by atoms with Gasteiger partial charge >= 0.3 is 0 Å². The standard InChI is InChI=1S/C20H20O2/c1-13-8-9-15-11-14(2)17(20(21)18(15)10-13)12-16-6-4-5-7-19(16)22-3/h4-10,12,14H,11H2,1-3H3. The first-order chi connectivity index (χ1) is 10.6. The molecule has 0 bridgehead atoms. The molecule has 0 aromatic heterocycles. The predicted octanol–water partition coefficient (Wildman–Crippen LogP) is 4.46. The average molecular weight is 292 g/mol. The van der Waals surface area contributed by atoms with Gasteiger partial charge in [-0.15, -0.1) is 0 Å². The summed E-state index contributed by atoms with van der Waals surface area (Å²) in [6.45, 7) is 4.14. The molecule has 2 aromatic rings. The smallest absolute Gasteiger partial charge is 0.189 e. The molecule has 1 atom stereocenters. The van der Waals surface area contributed by atoms with Gasteiger partial charge in [0.25, 0.3) is 0 Å². The van der Waals surface area contributed by atoms with Crippen molar-refractivity contribution in [2.24, 2.45) is 5.92 Å². The highest BCUT2D eigenvalue weighted by atomic mass is 16.5. The molecule has 1 aliphatic rings. The summed E-state index contributed by atoms with van der Waals surface area (Å²) in [5, 5.41) is 0. The largest absolute Gasteiger partial charge is 0.496 e. The number of allylic oxidation sites excluding steroid dienone is 1. The van der Waals surface area contributed by atoms with Crippen LogP contribution in [0.25, 0.3) is 6.08 Å². The zero-order valence-electron chi connectivity index (χ0n) is 13.2. The van der Waals surface area contributed by atoms with Crippen molar-refractivity contribution in [3.05, 3.63) is 70.3 Å². The lowest BCUT2D eigenvalue weighted by atomic mass is 9.79. The molecule has 0 N–H and O–H groups in total. The molecule has 0 fully saturated rings. The van der Waals surface area contributed by atoms with Crippen LogP contribution in [0.4, 0.5) is 0 Å². The summed E-state index contributed by atoms with van der Waals surface area (Å²) < 4.78 is 5.39. The molecule has 0 saturated heterocycles. The Kier molecular flexibility index (Phi) is 3.84. The van der Waals surface area contributed by atoms with Crippen molar-refractivity contribution in [2.75, 3.05) is 7.11 Å². The van der Waals surface area contributed by atoms with Crippen LogP contribution in [0.3, 0.4) is 0 Å². The third-order valence-corrected chi connectivity index (χ3v) is 4.28. The molecule has 0 spiro atoms. The third-order valence-electron chi connectivity index (χ3n) is 4.28. The summed E-state index contributed by atoms with van der Waals surface area (Å²) in [6, 6.07) is 14.0. The van der Waals surface area contributed by atoms with Gasteiger partial charge in [0.05, 0.1) is 7.11 Å². The molecule has 3 rings (SSSR count). The van der Waals surface area contributed by atoms with Gasteiger partial charge in [-0.05, 0) is 43.0 Å². The zero-order valence-corrected chi connectivity index (χ0v) is 13.2. The number of ether oxygens (including phenoxy) is 1. The van der Waals surface area contributed by atoms with E-state index in [4.69, 9.17) is 4.74 Å². The lowest BCUT2D eigenvalue weighted by molar-refractivity contribution is 0.101. The number of rotatable bonds is 2. The van der Waals surface area contributed by atoms with Crippen molar-refractivity contribution in [1.29, 1.82) is 0 Å². The topological polar surface area (TPSA) is 26.3 Å². The lowest BCUT2D eigenvalue weighted by Gasteiger charge is -2.24. The maximum absolute atomic E-state index is 12.9. The van der Waals surface area contributed by atoms with E-state index < -0.39 is 0 Å². The molecular formula is C20H20O2. The van der Waals surface area contributed by atoms with Gasteiger partial charge < -0.3 is 4.74 Å². The van der Waals surface area contributed by atoms with Gasteiger partial charge in [0.2, 0.25) is 0 Å². The monoisotopic (exact) mass is 292 g/mol. The number of para-hydroxylation sites is 1. The molecule has 22 heavy (non-hydrogen) atoms. The Labute approximate surface area is 131 Å². The van der Waals surface area contributed by atoms with E-state index in [1.165, 1.54) is 0 Å². The molecule has 1 unspecified atom stereocenters. The highest BCUT2D eigenvalue weighted by Gasteiger charge is 2.27. The Morgan fingerprint density at radius 1 is 1.18 bits per heavy atom. The number of carbonyl (C=O) groups excluding carboxylic acids is 1. The van der Waals surface area contributed by atoms with Gasteiger partial charge in [0, 0.05) is 16.7 Å². The zero-order chi connectivity index (χ0) is 15.7. The molecule has 2 heteroatoms. The molecule has 0 radical (unpaired) electrons. The van der Waals surface area contributed by atoms with Crippen LogP contribution in [0.1, 0.15) is 34.0 Å². The number of hydrogen-bond donors (Lipinski definition) is 0. The maximum atomic E-state index is 12.9. The molecular weight excluding hydrogens is 272 g/mol. The summed E-state index contributed by atoms with van der Waals surface area (Å²) in [7, 11) is 1.65. The van der Waals surface area contributed by atoms with Gasteiger partial charge in [-0.2, -0.15) is 0 Å². The SMILES string of the molecule is COc1ccccc1C=C1C(=O)c2cc(C)ccc2CC1C. The van der Waals surface area contributed by atoms with Crippen LogP contribution in [0, 0.1) is 12.8 Å². The van der Waals surface area contributed by atoms with E-state index in [0.29, 0.717) is 0 Å². The van der Waals surface area contributed by atoms with E-state index in [-0.39, 0.29) is 11.7 Å². The second kappa shape index (κ2) is 5.80. The Balaban J connectivity index is 2.08. The van der Waals surface area contributed by atoms with Crippen molar-refractivity contribution in [3.63, 3.8) is 0 Å². The molecule has 0 amide bonds. The molecule has 1 aliphatic carbocycles. The van der Waals surface area contributed by atoms with Crippen LogP contribution in [-0.4, -0.2) is 12.9 Å². The summed E-state index contributed by atoms with van der Waals surface area (Å²) in [5.41, 5.74) is 4.94. The lowest BCUT2D eigenvalue weighted by Crippen LogP contribution is -2.21. The third kappa shape index (κ3) is 2.57. The Hall–Kier alpha value is -2.35. The Bertz CT molecular complexity index is 756. The second-order valence-electron chi connectivity index (χ2n) is 5.94. The van der Waals surface area contributed by atoms with Gasteiger partial charge in [0.15, 0.2) is 5.78 Å². The highest BCUT2D eigenvalue weighted by Crippen LogP contribution is 2.33. The van der Waals surface area contributed by atoms with Crippen LogP contribution in [0.2, 0.25) is 0 Å². The first-order valence-electron chi connectivity index (χ1n) is 7.59. The summed E-state index contributed by atoms with van der Waals surface area (Å²) in [4.78, 5) is 12.9. The van der Waals surface area contributed by atoms with Gasteiger partial charge in [-0.25, -0.2) is 0 Å². The van der Waals surface area contributed by atoms with E-state index in [1.54, 1.807) is 7.11 Å². The number of fused-ring (bicyclic) bond motifs is 1. The van der Waals surface area contributed by atoms with E-state index in [9.17, 15) is 4.79 Å². The number of ketones is 1. The van der Waals surface area contributed by atoms with Crippen LogP contribution in [0.5, 0.6) is 5.75 Å². The Morgan fingerprint density at radius 2 is 1.95 bits per heavy atom. The van der Waals surface area contributed by atoms with Crippen LogP contribution >= 0.6 is 0 Å². The number of methoxy groups -OCH3 is 1. The van der Waals surface area contributed by atoms with Crippen LogP contribution in [0.15, 0.2) is 48.0 Å². The number of benzene rings is 2. The quantitative estimate of drug-likeness (QED) is 0.764. The fourth-order valence-electron chi connectivity index (χ4n) is 3.06. The van der Waals surface area contributed by atoms with Gasteiger partial charge in [0.1, 0.15) is 5.75 Å². The maximum Gasteiger partial charge on any atom is 0.189 e. The molecule has 0 aliphatic heterocycles. The van der Waals surface area contributed by atoms with E-state index in [0.717, 1.165) is 40.0 Å². The van der Waals surface area contributed by atoms with Crippen molar-refractivity contribution in [3.8, 4) is 5.75 Å². The minimum Gasteiger partial charge on any atom is -0.496 e. The van der Waals surface area contributed by atoms with E-state index >= 15 is 0 Å². The van der Waals surface area contributed by atoms with E-state index in [2.05, 4.69) is 19.1 Å². The first-order valence-corrected chi connectivity index (χ1v) is 7.59. The normalized spacial score (nSPS) is 19.1. The minimum atomic E-state index is 0.142. The minimum absolute atomic E-state index is 0.142.